The molecule has 0 aliphatic heterocycles. The number of hydrogen-bond acceptors (Lipinski definition) is 4. The summed E-state index contributed by atoms with van der Waals surface area (Å²) in [5, 5.41) is 11.2. The molecule has 1 heterocycles. The first-order valence-corrected chi connectivity index (χ1v) is 8.37. The van der Waals surface area contributed by atoms with Gasteiger partial charge >= 0.3 is 0 Å². The molecular formula is C19H21N5O. The molecule has 0 spiro atoms. The zero-order valence-corrected chi connectivity index (χ0v) is 14.4. The zero-order chi connectivity index (χ0) is 17.6. The summed E-state index contributed by atoms with van der Waals surface area (Å²) in [5.74, 6) is 0.00753. The van der Waals surface area contributed by atoms with Crippen molar-refractivity contribution in [2.75, 3.05) is 0 Å². The van der Waals surface area contributed by atoms with E-state index in [1.54, 1.807) is 4.68 Å². The lowest BCUT2D eigenvalue weighted by Gasteiger charge is -2.29. The van der Waals surface area contributed by atoms with Crippen LogP contribution in [0.4, 0.5) is 0 Å². The van der Waals surface area contributed by atoms with E-state index in [0.717, 1.165) is 17.7 Å². The predicted octanol–water partition coefficient (Wildman–Crippen LogP) is 3.10. The van der Waals surface area contributed by atoms with Gasteiger partial charge in [0, 0.05) is 18.2 Å². The Balaban J connectivity index is 1.88. The fourth-order valence-electron chi connectivity index (χ4n) is 2.66. The van der Waals surface area contributed by atoms with E-state index in [2.05, 4.69) is 29.4 Å². The molecule has 2 aromatic carbocycles. The Morgan fingerprint density at radius 3 is 2.64 bits per heavy atom. The summed E-state index contributed by atoms with van der Waals surface area (Å²) in [6.07, 6.45) is 2.41. The van der Waals surface area contributed by atoms with Gasteiger partial charge in [0.25, 0.3) is 5.91 Å². The molecule has 0 radical (unpaired) electrons. The molecule has 1 amide bonds. The van der Waals surface area contributed by atoms with Crippen molar-refractivity contribution in [3.8, 4) is 5.69 Å². The van der Waals surface area contributed by atoms with Crippen LogP contribution in [0.5, 0.6) is 0 Å². The summed E-state index contributed by atoms with van der Waals surface area (Å²) in [4.78, 5) is 15.0. The smallest absolute Gasteiger partial charge is 0.254 e. The maximum atomic E-state index is 13.1. The highest BCUT2D eigenvalue weighted by atomic mass is 16.2. The van der Waals surface area contributed by atoms with Crippen molar-refractivity contribution < 1.29 is 4.79 Å². The van der Waals surface area contributed by atoms with Gasteiger partial charge in [-0.3, -0.25) is 4.79 Å². The van der Waals surface area contributed by atoms with E-state index >= 15 is 0 Å². The van der Waals surface area contributed by atoms with Crippen molar-refractivity contribution in [1.82, 2.24) is 25.1 Å². The lowest BCUT2D eigenvalue weighted by Crippen LogP contribution is -2.37. The maximum Gasteiger partial charge on any atom is 0.254 e. The van der Waals surface area contributed by atoms with Gasteiger partial charge in [-0.15, -0.1) is 5.10 Å². The molecule has 0 fully saturated rings. The fraction of sp³-hybridized carbons (Fsp3) is 0.263. The number of tetrazole rings is 1. The van der Waals surface area contributed by atoms with Gasteiger partial charge in [-0.1, -0.05) is 43.3 Å². The molecule has 0 saturated heterocycles. The summed E-state index contributed by atoms with van der Waals surface area (Å²) >= 11 is 0. The van der Waals surface area contributed by atoms with Gasteiger partial charge in [-0.05, 0) is 47.5 Å². The molecule has 1 unspecified atom stereocenters. The monoisotopic (exact) mass is 335 g/mol. The molecule has 0 N–H and O–H groups in total. The molecule has 0 bridgehead atoms. The largest absolute Gasteiger partial charge is 0.332 e. The molecular weight excluding hydrogens is 314 g/mol. The van der Waals surface area contributed by atoms with Gasteiger partial charge in [-0.25, -0.2) is 4.68 Å². The molecule has 0 aliphatic rings. The van der Waals surface area contributed by atoms with Crippen LogP contribution in [0.15, 0.2) is 60.9 Å². The number of nitrogens with zero attached hydrogens (tertiary/aromatic N) is 5. The number of aromatic nitrogens is 4. The van der Waals surface area contributed by atoms with Crippen LogP contribution in [0.1, 0.15) is 36.2 Å². The second-order valence-corrected chi connectivity index (χ2v) is 5.98. The van der Waals surface area contributed by atoms with Crippen molar-refractivity contribution in [2.24, 2.45) is 0 Å². The van der Waals surface area contributed by atoms with Crippen LogP contribution in [0.2, 0.25) is 0 Å². The van der Waals surface area contributed by atoms with Crippen molar-refractivity contribution in [1.29, 1.82) is 0 Å². The van der Waals surface area contributed by atoms with E-state index in [4.69, 9.17) is 0 Å². The highest BCUT2D eigenvalue weighted by molar-refractivity contribution is 5.95. The third-order valence-corrected chi connectivity index (χ3v) is 4.29. The summed E-state index contributed by atoms with van der Waals surface area (Å²) < 4.78 is 1.54. The van der Waals surface area contributed by atoms with Crippen LogP contribution in [0.3, 0.4) is 0 Å². The Kier molecular flexibility index (Phi) is 5.18. The number of hydrogen-bond donors (Lipinski definition) is 0. The first-order valence-electron chi connectivity index (χ1n) is 8.37. The van der Waals surface area contributed by atoms with Gasteiger partial charge < -0.3 is 4.90 Å². The van der Waals surface area contributed by atoms with Crippen molar-refractivity contribution in [3.05, 3.63) is 72.1 Å². The molecule has 0 saturated carbocycles. The van der Waals surface area contributed by atoms with Crippen molar-refractivity contribution in [2.45, 2.75) is 32.9 Å². The van der Waals surface area contributed by atoms with E-state index in [9.17, 15) is 4.79 Å². The van der Waals surface area contributed by atoms with E-state index in [1.807, 2.05) is 59.5 Å². The lowest BCUT2D eigenvalue weighted by molar-refractivity contribution is 0.0671. The van der Waals surface area contributed by atoms with Crippen LogP contribution in [-0.4, -0.2) is 37.1 Å². The van der Waals surface area contributed by atoms with Crippen molar-refractivity contribution >= 4 is 5.91 Å². The molecule has 25 heavy (non-hydrogen) atoms. The first-order chi connectivity index (χ1) is 12.2. The molecule has 1 atom stereocenters. The van der Waals surface area contributed by atoms with Gasteiger partial charge in [0.2, 0.25) is 0 Å². The highest BCUT2D eigenvalue weighted by Crippen LogP contribution is 2.17. The number of carbonyl (C=O) groups excluding carboxylic acids is 1. The molecule has 0 aliphatic carbocycles. The quantitative estimate of drug-likeness (QED) is 0.694. The number of rotatable bonds is 6. The molecule has 6 nitrogen and oxygen atoms in total. The van der Waals surface area contributed by atoms with Gasteiger partial charge in [0.1, 0.15) is 6.33 Å². The van der Waals surface area contributed by atoms with Crippen LogP contribution >= 0.6 is 0 Å². The number of carbonyl (C=O) groups is 1. The average Bonchev–Trinajstić information content (AvgIpc) is 3.21. The summed E-state index contributed by atoms with van der Waals surface area (Å²) in [6, 6.07) is 17.6. The van der Waals surface area contributed by atoms with Crippen LogP contribution in [0, 0.1) is 0 Å². The Bertz CT molecular complexity index is 817. The first kappa shape index (κ1) is 16.8. The molecule has 3 rings (SSSR count). The van der Waals surface area contributed by atoms with Crippen molar-refractivity contribution in [3.63, 3.8) is 0 Å². The molecule has 128 valence electrons. The van der Waals surface area contributed by atoms with Gasteiger partial charge in [-0.2, -0.15) is 0 Å². The van der Waals surface area contributed by atoms with E-state index in [-0.39, 0.29) is 11.9 Å². The topological polar surface area (TPSA) is 63.9 Å². The maximum absolute atomic E-state index is 13.1. The normalized spacial score (nSPS) is 11.9. The van der Waals surface area contributed by atoms with Gasteiger partial charge in [0.05, 0.1) is 5.69 Å². The van der Waals surface area contributed by atoms with E-state index < -0.39 is 0 Å². The van der Waals surface area contributed by atoms with Gasteiger partial charge in [0.15, 0.2) is 0 Å². The number of benzene rings is 2. The van der Waals surface area contributed by atoms with E-state index in [0.29, 0.717) is 12.1 Å². The van der Waals surface area contributed by atoms with Crippen LogP contribution < -0.4 is 0 Å². The standard InChI is InChI=1S/C19H21N5O/c1-3-15(2)23(13-16-8-5-4-6-9-16)19(25)17-10-7-11-18(12-17)24-14-20-21-22-24/h4-12,14-15H,3,13H2,1-2H3. The fourth-order valence-corrected chi connectivity index (χ4v) is 2.66. The van der Waals surface area contributed by atoms with E-state index in [1.165, 1.54) is 6.33 Å². The Labute approximate surface area is 147 Å². The Morgan fingerprint density at radius 2 is 1.96 bits per heavy atom. The van der Waals surface area contributed by atoms with Crippen LogP contribution in [-0.2, 0) is 6.54 Å². The molecule has 1 aromatic heterocycles. The highest BCUT2D eigenvalue weighted by Gasteiger charge is 2.21. The second kappa shape index (κ2) is 7.70. The molecule has 6 heteroatoms. The summed E-state index contributed by atoms with van der Waals surface area (Å²) in [7, 11) is 0. The SMILES string of the molecule is CCC(C)N(Cc1ccccc1)C(=O)c1cccc(-n2cnnn2)c1. The third-order valence-electron chi connectivity index (χ3n) is 4.29. The molecule has 3 aromatic rings. The Morgan fingerprint density at radius 1 is 1.16 bits per heavy atom. The summed E-state index contributed by atoms with van der Waals surface area (Å²) in [6.45, 7) is 4.75. The number of amides is 1. The minimum Gasteiger partial charge on any atom is -0.332 e. The third kappa shape index (κ3) is 3.91. The lowest BCUT2D eigenvalue weighted by atomic mass is 10.1. The summed E-state index contributed by atoms with van der Waals surface area (Å²) in [5.41, 5.74) is 2.51. The minimum atomic E-state index is 0.00753. The Hall–Kier alpha value is -3.02. The van der Waals surface area contributed by atoms with Crippen LogP contribution in [0.25, 0.3) is 5.69 Å². The minimum absolute atomic E-state index is 0.00753. The second-order valence-electron chi connectivity index (χ2n) is 5.98. The average molecular weight is 335 g/mol. The zero-order valence-electron chi connectivity index (χ0n) is 14.4. The predicted molar refractivity (Wildman–Crippen MR) is 95.2 cm³/mol.